The normalized spacial score (nSPS) is 12.4. The van der Waals surface area contributed by atoms with E-state index in [2.05, 4.69) is 21.9 Å². The van der Waals surface area contributed by atoms with E-state index in [0.29, 0.717) is 22.2 Å². The zero-order valence-corrected chi connectivity index (χ0v) is 18.4. The maximum absolute atomic E-state index is 12.7. The highest BCUT2D eigenvalue weighted by atomic mass is 32.2. The summed E-state index contributed by atoms with van der Waals surface area (Å²) in [6, 6.07) is 8.03. The Morgan fingerprint density at radius 1 is 1.12 bits per heavy atom. The number of fused-ring (bicyclic) bond motifs is 3. The molecule has 0 aliphatic rings. The molecule has 0 fully saturated rings. The van der Waals surface area contributed by atoms with Crippen LogP contribution in [-0.4, -0.2) is 38.2 Å². The molecule has 1 aromatic heterocycles. The number of furan rings is 1. The Morgan fingerprint density at radius 3 is 2.41 bits per heavy atom. The molecule has 1 heterocycles. The van der Waals surface area contributed by atoms with Gasteiger partial charge in [0.25, 0.3) is 0 Å². The monoisotopic (exact) mass is 458 g/mol. The fourth-order valence-electron chi connectivity index (χ4n) is 3.04. The molecule has 0 bridgehead atoms. The summed E-state index contributed by atoms with van der Waals surface area (Å²) in [5.41, 5.74) is 1.17. The van der Waals surface area contributed by atoms with Crippen LogP contribution >= 0.6 is 0 Å². The summed E-state index contributed by atoms with van der Waals surface area (Å²) in [5.74, 6) is 3.53. The number of sulfonamides is 1. The van der Waals surface area contributed by atoms with Crippen LogP contribution in [0.5, 0.6) is 0 Å². The number of hydrogen-bond acceptors (Lipinski definition) is 6. The first kappa shape index (κ1) is 23.1. The van der Waals surface area contributed by atoms with E-state index >= 15 is 0 Å². The number of carbonyl (C=O) groups is 2. The Labute approximate surface area is 184 Å². The Morgan fingerprint density at radius 2 is 1.78 bits per heavy atom. The molecule has 0 radical (unpaired) electrons. The summed E-state index contributed by atoms with van der Waals surface area (Å²) < 4.78 is 38.3. The SMILES string of the molecule is CC#CCOC(=O)Nc1ccc2c(c1)oc1cc(S(=O)(=O)N[C@H](C(=O)O)C(C)C)ccc12. The number of hydrogen-bond donors (Lipinski definition) is 3. The number of rotatable bonds is 7. The summed E-state index contributed by atoms with van der Waals surface area (Å²) in [6.07, 6.45) is -0.666. The summed E-state index contributed by atoms with van der Waals surface area (Å²) in [4.78, 5) is 23.0. The lowest BCUT2D eigenvalue weighted by Gasteiger charge is -2.17. The minimum atomic E-state index is -4.09. The zero-order chi connectivity index (χ0) is 23.5. The number of nitrogens with one attached hydrogen (secondary N) is 2. The molecule has 1 amide bonds. The van der Waals surface area contributed by atoms with Gasteiger partial charge in [0.2, 0.25) is 10.0 Å². The van der Waals surface area contributed by atoms with E-state index in [0.717, 1.165) is 5.39 Å². The van der Waals surface area contributed by atoms with Gasteiger partial charge in [0.15, 0.2) is 6.61 Å². The van der Waals surface area contributed by atoms with Crippen LogP contribution in [0.4, 0.5) is 10.5 Å². The van der Waals surface area contributed by atoms with Gasteiger partial charge in [-0.25, -0.2) is 13.2 Å². The molecule has 3 rings (SSSR count). The molecule has 0 saturated heterocycles. The van der Waals surface area contributed by atoms with Crippen molar-refractivity contribution in [3.63, 3.8) is 0 Å². The van der Waals surface area contributed by atoms with Crippen LogP contribution in [0.25, 0.3) is 21.9 Å². The van der Waals surface area contributed by atoms with Gasteiger partial charge in [0.05, 0.1) is 4.90 Å². The van der Waals surface area contributed by atoms with Crippen molar-refractivity contribution in [3.05, 3.63) is 36.4 Å². The highest BCUT2D eigenvalue weighted by molar-refractivity contribution is 7.89. The highest BCUT2D eigenvalue weighted by Crippen LogP contribution is 2.32. The number of ether oxygens (including phenoxy) is 1. The van der Waals surface area contributed by atoms with E-state index in [-0.39, 0.29) is 11.5 Å². The van der Waals surface area contributed by atoms with Gasteiger partial charge in [-0.2, -0.15) is 4.72 Å². The van der Waals surface area contributed by atoms with E-state index in [9.17, 15) is 23.1 Å². The van der Waals surface area contributed by atoms with Gasteiger partial charge in [-0.15, -0.1) is 5.92 Å². The van der Waals surface area contributed by atoms with Gasteiger partial charge in [-0.1, -0.05) is 19.8 Å². The third kappa shape index (κ3) is 5.01. The fourth-order valence-corrected chi connectivity index (χ4v) is 4.39. The molecule has 0 saturated carbocycles. The van der Waals surface area contributed by atoms with E-state index in [1.807, 2.05) is 0 Å². The third-order valence-corrected chi connectivity index (χ3v) is 6.11. The largest absolute Gasteiger partial charge is 0.480 e. The van der Waals surface area contributed by atoms with Crippen molar-refractivity contribution in [2.24, 2.45) is 5.92 Å². The summed E-state index contributed by atoms with van der Waals surface area (Å²) >= 11 is 0. The molecule has 32 heavy (non-hydrogen) atoms. The fraction of sp³-hybridized carbons (Fsp3) is 0.273. The molecule has 2 aromatic carbocycles. The van der Waals surface area contributed by atoms with E-state index in [1.165, 1.54) is 12.1 Å². The van der Waals surface area contributed by atoms with Gasteiger partial charge in [-0.3, -0.25) is 10.1 Å². The van der Waals surface area contributed by atoms with Crippen LogP contribution in [0, 0.1) is 17.8 Å². The number of amides is 1. The smallest absolute Gasteiger partial charge is 0.412 e. The molecule has 0 spiro atoms. The number of benzene rings is 2. The summed E-state index contributed by atoms with van der Waals surface area (Å²) in [5, 5.41) is 13.2. The number of anilines is 1. The van der Waals surface area contributed by atoms with Crippen LogP contribution < -0.4 is 10.0 Å². The van der Waals surface area contributed by atoms with Crippen molar-refractivity contribution in [1.29, 1.82) is 0 Å². The molecule has 3 N–H and O–H groups in total. The van der Waals surface area contributed by atoms with Crippen molar-refractivity contribution in [2.75, 3.05) is 11.9 Å². The van der Waals surface area contributed by atoms with Crippen LogP contribution in [0.3, 0.4) is 0 Å². The summed E-state index contributed by atoms with van der Waals surface area (Å²) in [7, 11) is -4.09. The second kappa shape index (κ2) is 9.30. The van der Waals surface area contributed by atoms with Crippen LogP contribution in [-0.2, 0) is 19.6 Å². The lowest BCUT2D eigenvalue weighted by atomic mass is 10.1. The predicted octanol–water partition coefficient (Wildman–Crippen LogP) is 3.55. The topological polar surface area (TPSA) is 135 Å². The number of carboxylic acids is 1. The summed E-state index contributed by atoms with van der Waals surface area (Å²) in [6.45, 7) is 4.84. The van der Waals surface area contributed by atoms with E-state index in [1.54, 1.807) is 45.0 Å². The van der Waals surface area contributed by atoms with Crippen LogP contribution in [0.15, 0.2) is 45.7 Å². The van der Waals surface area contributed by atoms with Gasteiger partial charge in [0, 0.05) is 28.6 Å². The molecule has 9 nitrogen and oxygen atoms in total. The molecule has 0 unspecified atom stereocenters. The molecule has 0 aliphatic heterocycles. The molecular weight excluding hydrogens is 436 g/mol. The molecule has 1 atom stereocenters. The maximum atomic E-state index is 12.7. The van der Waals surface area contributed by atoms with Crippen molar-refractivity contribution in [1.82, 2.24) is 4.72 Å². The number of carboxylic acid groups (broad SMARTS) is 1. The first-order chi connectivity index (χ1) is 15.1. The van der Waals surface area contributed by atoms with Crippen molar-refractivity contribution in [3.8, 4) is 11.8 Å². The van der Waals surface area contributed by atoms with Gasteiger partial charge in [0.1, 0.15) is 17.2 Å². The molecule has 0 aliphatic carbocycles. The minimum Gasteiger partial charge on any atom is -0.480 e. The lowest BCUT2D eigenvalue weighted by Crippen LogP contribution is -2.44. The van der Waals surface area contributed by atoms with Crippen LogP contribution in [0.1, 0.15) is 20.8 Å². The van der Waals surface area contributed by atoms with Gasteiger partial charge >= 0.3 is 12.1 Å². The van der Waals surface area contributed by atoms with Gasteiger partial charge in [-0.05, 0) is 37.1 Å². The molecule has 3 aromatic rings. The minimum absolute atomic E-state index is 0.0277. The second-order valence-corrected chi connectivity index (χ2v) is 8.99. The van der Waals surface area contributed by atoms with Crippen molar-refractivity contribution < 1.29 is 32.3 Å². The molecular formula is C22H22N2O7S. The third-order valence-electron chi connectivity index (χ3n) is 4.67. The van der Waals surface area contributed by atoms with Crippen LogP contribution in [0.2, 0.25) is 0 Å². The number of aliphatic carboxylic acids is 1. The van der Waals surface area contributed by atoms with Gasteiger partial charge < -0.3 is 14.3 Å². The van der Waals surface area contributed by atoms with E-state index < -0.39 is 34.0 Å². The highest BCUT2D eigenvalue weighted by Gasteiger charge is 2.28. The first-order valence-electron chi connectivity index (χ1n) is 9.67. The Hall–Kier alpha value is -3.55. The second-order valence-electron chi connectivity index (χ2n) is 7.28. The lowest BCUT2D eigenvalue weighted by molar-refractivity contribution is -0.140. The Bertz CT molecular complexity index is 1350. The first-order valence-corrected chi connectivity index (χ1v) is 11.2. The average Bonchev–Trinajstić information content (AvgIpc) is 3.08. The molecule has 168 valence electrons. The van der Waals surface area contributed by atoms with Crippen molar-refractivity contribution >= 4 is 49.7 Å². The zero-order valence-electron chi connectivity index (χ0n) is 17.6. The quantitative estimate of drug-likeness (QED) is 0.461. The number of carbonyl (C=O) groups excluding carboxylic acids is 1. The maximum Gasteiger partial charge on any atom is 0.412 e. The Kier molecular flexibility index (Phi) is 6.72. The molecule has 10 heteroatoms. The van der Waals surface area contributed by atoms with E-state index in [4.69, 9.17) is 9.15 Å². The standard InChI is InChI=1S/C22H22N2O7S/c1-4-5-10-30-22(27)23-14-6-8-16-17-9-7-15(12-19(17)31-18(16)11-14)32(28,29)24-20(13(2)3)21(25)26/h6-9,11-13,20,24H,10H2,1-3H3,(H,23,27)(H,25,26)/t20-/m0/s1. The average molecular weight is 458 g/mol. The predicted molar refractivity (Wildman–Crippen MR) is 119 cm³/mol. The Balaban J connectivity index is 1.90. The van der Waals surface area contributed by atoms with Crippen molar-refractivity contribution in [2.45, 2.75) is 31.7 Å².